The van der Waals surface area contributed by atoms with Gasteiger partial charge in [-0.15, -0.1) is 0 Å². The van der Waals surface area contributed by atoms with Gasteiger partial charge in [0, 0.05) is 12.6 Å². The zero-order chi connectivity index (χ0) is 14.8. The summed E-state index contributed by atoms with van der Waals surface area (Å²) in [6.07, 6.45) is 3.69. The minimum Gasteiger partial charge on any atom is -0.316 e. The SMILES string of the molecule is CC(C)CNCCCC(C)N(C)CCc1ccccc1. The quantitative estimate of drug-likeness (QED) is 0.657. The molecule has 1 aromatic carbocycles. The second kappa shape index (κ2) is 9.95. The average molecular weight is 276 g/mol. The summed E-state index contributed by atoms with van der Waals surface area (Å²) in [5, 5.41) is 3.52. The van der Waals surface area contributed by atoms with Gasteiger partial charge < -0.3 is 10.2 Å². The summed E-state index contributed by atoms with van der Waals surface area (Å²) >= 11 is 0. The van der Waals surface area contributed by atoms with Gasteiger partial charge in [-0.25, -0.2) is 0 Å². The van der Waals surface area contributed by atoms with E-state index in [0.717, 1.165) is 32.0 Å². The van der Waals surface area contributed by atoms with E-state index < -0.39 is 0 Å². The maximum absolute atomic E-state index is 3.52. The van der Waals surface area contributed by atoms with E-state index in [-0.39, 0.29) is 0 Å². The zero-order valence-electron chi connectivity index (χ0n) is 13.7. The standard InChI is InChI=1S/C18H32N2/c1-16(2)15-19-13-8-9-17(3)20(4)14-12-18-10-6-5-7-11-18/h5-7,10-11,16-17,19H,8-9,12-15H2,1-4H3. The Morgan fingerprint density at radius 1 is 1.10 bits per heavy atom. The second-order valence-electron chi connectivity index (χ2n) is 6.31. The summed E-state index contributed by atoms with van der Waals surface area (Å²) in [6.45, 7) is 10.3. The molecule has 1 N–H and O–H groups in total. The van der Waals surface area contributed by atoms with Crippen LogP contribution in [-0.4, -0.2) is 37.6 Å². The Labute approximate surface area is 125 Å². The normalized spacial score (nSPS) is 13.1. The Kier molecular flexibility index (Phi) is 8.56. The average Bonchev–Trinajstić information content (AvgIpc) is 2.45. The predicted molar refractivity (Wildman–Crippen MR) is 89.2 cm³/mol. The highest BCUT2D eigenvalue weighted by molar-refractivity contribution is 5.14. The van der Waals surface area contributed by atoms with E-state index in [1.165, 1.54) is 18.4 Å². The molecule has 0 aliphatic carbocycles. The van der Waals surface area contributed by atoms with Crippen LogP contribution in [0.25, 0.3) is 0 Å². The fourth-order valence-corrected chi connectivity index (χ4v) is 2.30. The topological polar surface area (TPSA) is 15.3 Å². The first kappa shape index (κ1) is 17.2. The lowest BCUT2D eigenvalue weighted by atomic mass is 10.1. The van der Waals surface area contributed by atoms with Crippen LogP contribution < -0.4 is 5.32 Å². The molecule has 0 heterocycles. The molecule has 0 amide bonds. The number of rotatable bonds is 10. The molecule has 0 spiro atoms. The summed E-state index contributed by atoms with van der Waals surface area (Å²) in [6, 6.07) is 11.4. The van der Waals surface area contributed by atoms with Crippen LogP contribution in [0.3, 0.4) is 0 Å². The molecule has 0 radical (unpaired) electrons. The molecule has 1 aromatic rings. The van der Waals surface area contributed by atoms with Crippen molar-refractivity contribution in [3.63, 3.8) is 0 Å². The maximum Gasteiger partial charge on any atom is 0.00644 e. The molecule has 114 valence electrons. The molecule has 0 bridgehead atoms. The minimum absolute atomic E-state index is 0.666. The number of hydrogen-bond donors (Lipinski definition) is 1. The molecule has 2 heteroatoms. The molecule has 20 heavy (non-hydrogen) atoms. The molecular weight excluding hydrogens is 244 g/mol. The van der Waals surface area contributed by atoms with Crippen molar-refractivity contribution in [2.24, 2.45) is 5.92 Å². The van der Waals surface area contributed by atoms with Crippen molar-refractivity contribution < 1.29 is 0 Å². The highest BCUT2D eigenvalue weighted by Crippen LogP contribution is 2.07. The Hall–Kier alpha value is -0.860. The molecule has 0 aromatic heterocycles. The number of hydrogen-bond acceptors (Lipinski definition) is 2. The molecule has 1 unspecified atom stereocenters. The first-order chi connectivity index (χ1) is 9.59. The Balaban J connectivity index is 2.11. The van der Waals surface area contributed by atoms with Crippen LogP contribution in [0.2, 0.25) is 0 Å². The maximum atomic E-state index is 3.52. The van der Waals surface area contributed by atoms with Crippen LogP contribution in [0, 0.1) is 5.92 Å². The van der Waals surface area contributed by atoms with E-state index in [2.05, 4.69) is 68.4 Å². The van der Waals surface area contributed by atoms with Crippen molar-refractivity contribution in [2.75, 3.05) is 26.7 Å². The van der Waals surface area contributed by atoms with Crippen molar-refractivity contribution in [3.8, 4) is 0 Å². The first-order valence-electron chi connectivity index (χ1n) is 8.04. The number of benzene rings is 1. The van der Waals surface area contributed by atoms with E-state index in [1.807, 2.05) is 0 Å². The van der Waals surface area contributed by atoms with Gasteiger partial charge in [-0.05, 0) is 57.8 Å². The monoisotopic (exact) mass is 276 g/mol. The van der Waals surface area contributed by atoms with E-state index in [4.69, 9.17) is 0 Å². The summed E-state index contributed by atoms with van der Waals surface area (Å²) in [4.78, 5) is 2.48. The molecule has 0 aliphatic heterocycles. The number of likely N-dealkylation sites (N-methyl/N-ethyl adjacent to an activating group) is 1. The van der Waals surface area contributed by atoms with Crippen molar-refractivity contribution in [2.45, 2.75) is 46.1 Å². The van der Waals surface area contributed by atoms with E-state index in [1.54, 1.807) is 0 Å². The minimum atomic E-state index is 0.666. The third-order valence-electron chi connectivity index (χ3n) is 3.88. The molecule has 1 atom stereocenters. The summed E-state index contributed by atoms with van der Waals surface area (Å²) in [7, 11) is 2.25. The fraction of sp³-hybridized carbons (Fsp3) is 0.667. The summed E-state index contributed by atoms with van der Waals surface area (Å²) in [5.41, 5.74) is 1.44. The van der Waals surface area contributed by atoms with Crippen LogP contribution in [0.15, 0.2) is 30.3 Å². The smallest absolute Gasteiger partial charge is 0.00644 e. The lowest BCUT2D eigenvalue weighted by Crippen LogP contribution is -2.32. The van der Waals surface area contributed by atoms with E-state index >= 15 is 0 Å². The lowest BCUT2D eigenvalue weighted by Gasteiger charge is -2.24. The summed E-state index contributed by atoms with van der Waals surface area (Å²) in [5.74, 6) is 0.751. The van der Waals surface area contributed by atoms with Gasteiger partial charge in [0.1, 0.15) is 0 Å². The van der Waals surface area contributed by atoms with E-state index in [9.17, 15) is 0 Å². The van der Waals surface area contributed by atoms with Crippen LogP contribution in [0.4, 0.5) is 0 Å². The molecule has 0 saturated carbocycles. The second-order valence-corrected chi connectivity index (χ2v) is 6.31. The number of nitrogens with zero attached hydrogens (tertiary/aromatic N) is 1. The van der Waals surface area contributed by atoms with Gasteiger partial charge in [-0.2, -0.15) is 0 Å². The molecule has 1 rings (SSSR count). The van der Waals surface area contributed by atoms with Gasteiger partial charge in [0.25, 0.3) is 0 Å². The molecule has 2 nitrogen and oxygen atoms in total. The number of nitrogens with one attached hydrogen (secondary N) is 1. The van der Waals surface area contributed by atoms with E-state index in [0.29, 0.717) is 6.04 Å². The highest BCUT2D eigenvalue weighted by Gasteiger charge is 2.08. The predicted octanol–water partition coefficient (Wildman–Crippen LogP) is 3.58. The van der Waals surface area contributed by atoms with Crippen LogP contribution >= 0.6 is 0 Å². The molecule has 0 fully saturated rings. The summed E-state index contributed by atoms with van der Waals surface area (Å²) < 4.78 is 0. The van der Waals surface area contributed by atoms with Crippen LogP contribution in [0.5, 0.6) is 0 Å². The zero-order valence-corrected chi connectivity index (χ0v) is 13.7. The van der Waals surface area contributed by atoms with Crippen molar-refractivity contribution in [3.05, 3.63) is 35.9 Å². The molecule has 0 aliphatic rings. The molecular formula is C18H32N2. The lowest BCUT2D eigenvalue weighted by molar-refractivity contribution is 0.245. The third-order valence-corrected chi connectivity index (χ3v) is 3.88. The fourth-order valence-electron chi connectivity index (χ4n) is 2.30. The van der Waals surface area contributed by atoms with Crippen LogP contribution in [0.1, 0.15) is 39.2 Å². The third kappa shape index (κ3) is 7.66. The van der Waals surface area contributed by atoms with Crippen molar-refractivity contribution in [1.82, 2.24) is 10.2 Å². The Morgan fingerprint density at radius 2 is 1.80 bits per heavy atom. The van der Waals surface area contributed by atoms with Crippen molar-refractivity contribution >= 4 is 0 Å². The van der Waals surface area contributed by atoms with Gasteiger partial charge in [-0.3, -0.25) is 0 Å². The first-order valence-corrected chi connectivity index (χ1v) is 8.04. The van der Waals surface area contributed by atoms with Crippen LogP contribution in [-0.2, 0) is 6.42 Å². The van der Waals surface area contributed by atoms with Gasteiger partial charge >= 0.3 is 0 Å². The molecule has 0 saturated heterocycles. The highest BCUT2D eigenvalue weighted by atomic mass is 15.1. The van der Waals surface area contributed by atoms with Gasteiger partial charge in [-0.1, -0.05) is 44.2 Å². The van der Waals surface area contributed by atoms with Gasteiger partial charge in [0.05, 0.1) is 0 Å². The van der Waals surface area contributed by atoms with Gasteiger partial charge in [0.15, 0.2) is 0 Å². The Morgan fingerprint density at radius 3 is 2.45 bits per heavy atom. The Bertz CT molecular complexity index is 335. The van der Waals surface area contributed by atoms with Gasteiger partial charge in [0.2, 0.25) is 0 Å². The largest absolute Gasteiger partial charge is 0.316 e. The van der Waals surface area contributed by atoms with Crippen molar-refractivity contribution in [1.29, 1.82) is 0 Å².